The van der Waals surface area contributed by atoms with Gasteiger partial charge in [0.2, 0.25) is 0 Å². The van der Waals surface area contributed by atoms with Crippen LogP contribution < -0.4 is 0 Å². The first kappa shape index (κ1) is 17.7. The molecule has 0 spiro atoms. The molecule has 0 fully saturated rings. The number of carbonyl (C=O) groups is 2. The van der Waals surface area contributed by atoms with Crippen LogP contribution >= 0.6 is 0 Å². The number of Topliss-reactive ketones (excluding diaryl/α,β-unsaturated/α-hetero) is 1. The fourth-order valence-corrected chi connectivity index (χ4v) is 4.12. The van der Waals surface area contributed by atoms with Crippen LogP contribution in [0.5, 0.6) is 0 Å². The zero-order chi connectivity index (χ0) is 17.6. The Hall–Kier alpha value is -1.67. The van der Waals surface area contributed by atoms with Gasteiger partial charge in [-0.15, -0.1) is 0 Å². The lowest BCUT2D eigenvalue weighted by atomic mass is 9.76. The summed E-state index contributed by atoms with van der Waals surface area (Å²) in [6.07, 6.45) is 0.620. The minimum Gasteiger partial charge on any atom is -0.465 e. The Bertz CT molecular complexity index is 772. The molecule has 1 aromatic rings. The highest BCUT2D eigenvalue weighted by atomic mass is 32.2. The number of ether oxygens (including phenoxy) is 1. The maximum Gasteiger partial charge on any atom is 0.325 e. The van der Waals surface area contributed by atoms with Crippen molar-refractivity contribution in [1.82, 2.24) is 4.57 Å². The van der Waals surface area contributed by atoms with Crippen molar-refractivity contribution in [3.63, 3.8) is 0 Å². The highest BCUT2D eigenvalue weighted by Gasteiger charge is 2.40. The third-order valence-corrected chi connectivity index (χ3v) is 5.00. The van der Waals surface area contributed by atoms with E-state index in [9.17, 15) is 22.6 Å². The third-order valence-electron chi connectivity index (χ3n) is 3.99. The van der Waals surface area contributed by atoms with Crippen LogP contribution in [-0.2, 0) is 32.6 Å². The van der Waals surface area contributed by atoms with E-state index >= 15 is 0 Å². The zero-order valence-electron chi connectivity index (χ0n) is 13.7. The molecular weight excluding hydrogens is 322 g/mol. The Kier molecular flexibility index (Phi) is 4.42. The summed E-state index contributed by atoms with van der Waals surface area (Å²) < 4.78 is 39.4. The van der Waals surface area contributed by atoms with Gasteiger partial charge in [0, 0.05) is 17.8 Å². The highest BCUT2D eigenvalue weighted by Crippen LogP contribution is 2.40. The molecule has 1 aromatic heterocycles. The fourth-order valence-electron chi connectivity index (χ4n) is 3.15. The van der Waals surface area contributed by atoms with Crippen molar-refractivity contribution in [3.05, 3.63) is 17.0 Å². The summed E-state index contributed by atoms with van der Waals surface area (Å²) >= 11 is 0. The molecule has 0 aliphatic heterocycles. The number of fused-ring (bicyclic) bond motifs is 1. The normalized spacial score (nSPS) is 17.0. The quantitative estimate of drug-likeness (QED) is 0.660. The van der Waals surface area contributed by atoms with Crippen LogP contribution in [0.4, 0.5) is 0 Å². The lowest BCUT2D eigenvalue weighted by Crippen LogP contribution is -2.29. The summed E-state index contributed by atoms with van der Waals surface area (Å²) in [4.78, 5) is 23.9. The van der Waals surface area contributed by atoms with Gasteiger partial charge in [-0.1, -0.05) is 13.8 Å². The van der Waals surface area contributed by atoms with E-state index in [1.165, 1.54) is 11.5 Å². The molecule has 8 heteroatoms. The molecule has 1 aliphatic rings. The summed E-state index contributed by atoms with van der Waals surface area (Å²) in [6.45, 7) is 6.96. The molecule has 0 atom stereocenters. The molecule has 0 saturated carbocycles. The fraction of sp³-hybridized carbons (Fsp3) is 0.600. The summed E-state index contributed by atoms with van der Waals surface area (Å²) in [5.74, 6) is -0.860. The van der Waals surface area contributed by atoms with Crippen LogP contribution in [0.2, 0.25) is 0 Å². The van der Waals surface area contributed by atoms with Gasteiger partial charge in [-0.05, 0) is 25.7 Å². The minimum absolute atomic E-state index is 0.00798. The van der Waals surface area contributed by atoms with Crippen molar-refractivity contribution in [2.45, 2.75) is 52.0 Å². The molecule has 128 valence electrons. The van der Waals surface area contributed by atoms with E-state index in [1.54, 1.807) is 6.92 Å². The molecule has 0 radical (unpaired) electrons. The van der Waals surface area contributed by atoms with Crippen LogP contribution in [0.15, 0.2) is 4.90 Å². The average Bonchev–Trinajstić information content (AvgIpc) is 2.62. The molecule has 0 aromatic carbocycles. The molecular formula is C15H21NO6S. The van der Waals surface area contributed by atoms with E-state index < -0.39 is 21.0 Å². The highest BCUT2D eigenvalue weighted by molar-refractivity contribution is 7.86. The van der Waals surface area contributed by atoms with Gasteiger partial charge in [0.05, 0.1) is 12.2 Å². The van der Waals surface area contributed by atoms with Gasteiger partial charge in [-0.25, -0.2) is 0 Å². The maximum atomic E-state index is 12.4. The number of nitrogens with zero attached hydrogens (tertiary/aromatic N) is 1. The van der Waals surface area contributed by atoms with Gasteiger partial charge in [0.15, 0.2) is 5.78 Å². The van der Waals surface area contributed by atoms with Crippen LogP contribution in [0.3, 0.4) is 0 Å². The van der Waals surface area contributed by atoms with Crippen LogP contribution in [-0.4, -0.2) is 35.9 Å². The van der Waals surface area contributed by atoms with Gasteiger partial charge in [-0.2, -0.15) is 8.42 Å². The molecule has 7 nitrogen and oxygen atoms in total. The molecule has 1 N–H and O–H groups in total. The molecule has 0 amide bonds. The van der Waals surface area contributed by atoms with Crippen LogP contribution in [0, 0.1) is 12.3 Å². The molecule has 2 rings (SSSR count). The SMILES string of the molecule is CCOC(=O)Cn1c(C)c(S(=O)(=O)O)c2c1CC(C)(C)CC2=O. The van der Waals surface area contributed by atoms with E-state index in [-0.39, 0.29) is 42.0 Å². The predicted octanol–water partition coefficient (Wildman–Crippen LogP) is 1.76. The summed E-state index contributed by atoms with van der Waals surface area (Å²) in [5, 5.41) is 0. The number of aromatic nitrogens is 1. The number of hydrogen-bond donors (Lipinski definition) is 1. The summed E-state index contributed by atoms with van der Waals surface area (Å²) in [5.41, 5.74) is 0.298. The largest absolute Gasteiger partial charge is 0.465 e. The molecule has 1 aliphatic carbocycles. The lowest BCUT2D eigenvalue weighted by molar-refractivity contribution is -0.143. The van der Waals surface area contributed by atoms with Gasteiger partial charge in [0.25, 0.3) is 10.1 Å². The maximum absolute atomic E-state index is 12.4. The number of carbonyl (C=O) groups excluding carboxylic acids is 2. The first-order valence-electron chi connectivity index (χ1n) is 7.36. The Morgan fingerprint density at radius 2 is 1.96 bits per heavy atom. The zero-order valence-corrected chi connectivity index (χ0v) is 14.5. The van der Waals surface area contributed by atoms with Gasteiger partial charge in [-0.3, -0.25) is 14.1 Å². The number of esters is 1. The Morgan fingerprint density at radius 3 is 2.48 bits per heavy atom. The van der Waals surface area contributed by atoms with Crippen molar-refractivity contribution in [3.8, 4) is 0 Å². The first-order valence-corrected chi connectivity index (χ1v) is 8.80. The van der Waals surface area contributed by atoms with Gasteiger partial charge in [0.1, 0.15) is 11.4 Å². The molecule has 1 heterocycles. The monoisotopic (exact) mass is 343 g/mol. The minimum atomic E-state index is -4.57. The standard InChI is InChI=1S/C15H21NO6S/c1-5-22-12(18)8-16-9(2)14(23(19,20)21)13-10(16)6-15(3,4)7-11(13)17/h5-8H2,1-4H3,(H,19,20,21). The van der Waals surface area contributed by atoms with Crippen molar-refractivity contribution < 1.29 is 27.3 Å². The van der Waals surface area contributed by atoms with E-state index in [1.807, 2.05) is 13.8 Å². The number of ketones is 1. The summed E-state index contributed by atoms with van der Waals surface area (Å²) in [6, 6.07) is 0. The van der Waals surface area contributed by atoms with Gasteiger partial charge < -0.3 is 9.30 Å². The second kappa shape index (κ2) is 5.76. The van der Waals surface area contributed by atoms with Crippen molar-refractivity contribution in [2.24, 2.45) is 5.41 Å². The van der Waals surface area contributed by atoms with Crippen molar-refractivity contribution >= 4 is 21.9 Å². The number of rotatable bonds is 4. The second-order valence-electron chi connectivity index (χ2n) is 6.54. The second-order valence-corrected chi connectivity index (χ2v) is 7.90. The third kappa shape index (κ3) is 3.32. The van der Waals surface area contributed by atoms with E-state index in [4.69, 9.17) is 4.74 Å². The number of hydrogen-bond acceptors (Lipinski definition) is 5. The van der Waals surface area contributed by atoms with Crippen LogP contribution in [0.25, 0.3) is 0 Å². The molecule has 0 unspecified atom stereocenters. The average molecular weight is 343 g/mol. The Balaban J connectivity index is 2.69. The smallest absolute Gasteiger partial charge is 0.325 e. The van der Waals surface area contributed by atoms with Crippen molar-refractivity contribution in [1.29, 1.82) is 0 Å². The van der Waals surface area contributed by atoms with E-state index in [0.29, 0.717) is 12.1 Å². The molecule has 23 heavy (non-hydrogen) atoms. The lowest BCUT2D eigenvalue weighted by Gasteiger charge is -2.29. The Labute approximate surface area is 135 Å². The van der Waals surface area contributed by atoms with Gasteiger partial charge >= 0.3 is 5.97 Å². The predicted molar refractivity (Wildman–Crippen MR) is 82.0 cm³/mol. The van der Waals surface area contributed by atoms with Crippen molar-refractivity contribution in [2.75, 3.05) is 6.61 Å². The molecule has 0 saturated heterocycles. The molecule has 0 bridgehead atoms. The summed E-state index contributed by atoms with van der Waals surface area (Å²) in [7, 11) is -4.57. The van der Waals surface area contributed by atoms with Crippen LogP contribution in [0.1, 0.15) is 48.9 Å². The first-order chi connectivity index (χ1) is 10.5. The van der Waals surface area contributed by atoms with E-state index in [0.717, 1.165) is 0 Å². The topological polar surface area (TPSA) is 103 Å². The Morgan fingerprint density at radius 1 is 1.35 bits per heavy atom. The van der Waals surface area contributed by atoms with E-state index in [2.05, 4.69) is 0 Å².